The minimum Gasteiger partial charge on any atom is -0.261 e. The topological polar surface area (TPSA) is 72.0 Å². The number of nitrogens with zero attached hydrogens (tertiary/aromatic N) is 2. The van der Waals surface area contributed by atoms with E-state index in [0.29, 0.717) is 6.07 Å². The Bertz CT molecular complexity index is 765. The monoisotopic (exact) mass is 337 g/mol. The molecule has 0 fully saturated rings. The standard InChI is InChI=1S/C11H7ClF3N3O2S/c12-9-10(17-5-4-16-9)18-21(19,20)8-3-1-2-7(6-8)11(13,14)15/h1-6H,(H,17,18). The number of alkyl halides is 3. The first kappa shape index (κ1) is 15.5. The van der Waals surface area contributed by atoms with Crippen molar-refractivity contribution in [3.8, 4) is 0 Å². The van der Waals surface area contributed by atoms with Crippen molar-refractivity contribution in [2.75, 3.05) is 4.72 Å². The number of sulfonamides is 1. The van der Waals surface area contributed by atoms with Gasteiger partial charge in [0.15, 0.2) is 11.0 Å². The van der Waals surface area contributed by atoms with Crippen LogP contribution in [0, 0.1) is 0 Å². The van der Waals surface area contributed by atoms with E-state index < -0.39 is 26.7 Å². The number of anilines is 1. The molecule has 0 aliphatic rings. The molecule has 1 N–H and O–H groups in total. The molecular formula is C11H7ClF3N3O2S. The second-order valence-corrected chi connectivity index (χ2v) is 5.87. The fourth-order valence-electron chi connectivity index (χ4n) is 1.42. The molecule has 2 aromatic rings. The van der Waals surface area contributed by atoms with E-state index in [1.807, 2.05) is 4.72 Å². The summed E-state index contributed by atoms with van der Waals surface area (Å²) >= 11 is 5.64. The number of benzene rings is 1. The number of hydrogen-bond donors (Lipinski definition) is 1. The van der Waals surface area contributed by atoms with Crippen LogP contribution in [0.5, 0.6) is 0 Å². The van der Waals surface area contributed by atoms with Gasteiger partial charge in [0, 0.05) is 12.4 Å². The number of aromatic nitrogens is 2. The lowest BCUT2D eigenvalue weighted by Gasteiger charge is -2.10. The summed E-state index contributed by atoms with van der Waals surface area (Å²) in [5, 5.41) is -0.215. The van der Waals surface area contributed by atoms with Crippen LogP contribution >= 0.6 is 11.6 Å². The highest BCUT2D eigenvalue weighted by Gasteiger charge is 2.31. The van der Waals surface area contributed by atoms with Gasteiger partial charge >= 0.3 is 6.18 Å². The van der Waals surface area contributed by atoms with Crippen LogP contribution in [-0.4, -0.2) is 18.4 Å². The molecule has 21 heavy (non-hydrogen) atoms. The van der Waals surface area contributed by atoms with Crippen LogP contribution in [0.15, 0.2) is 41.6 Å². The van der Waals surface area contributed by atoms with E-state index in [0.717, 1.165) is 18.2 Å². The van der Waals surface area contributed by atoms with Crippen LogP contribution in [0.4, 0.5) is 19.0 Å². The van der Waals surface area contributed by atoms with Crippen molar-refractivity contribution in [2.45, 2.75) is 11.1 Å². The first-order chi connectivity index (χ1) is 9.70. The van der Waals surface area contributed by atoms with Crippen LogP contribution in [0.25, 0.3) is 0 Å². The predicted octanol–water partition coefficient (Wildman–Crippen LogP) is 2.95. The molecule has 0 radical (unpaired) electrons. The lowest BCUT2D eigenvalue weighted by Crippen LogP contribution is -2.15. The van der Waals surface area contributed by atoms with Gasteiger partial charge in [-0.05, 0) is 18.2 Å². The maximum Gasteiger partial charge on any atom is 0.416 e. The van der Waals surface area contributed by atoms with Crippen LogP contribution in [0.1, 0.15) is 5.56 Å². The second kappa shape index (κ2) is 5.49. The summed E-state index contributed by atoms with van der Waals surface area (Å²) < 4.78 is 63.8. The van der Waals surface area contributed by atoms with Gasteiger partial charge in [0.25, 0.3) is 10.0 Å². The summed E-state index contributed by atoms with van der Waals surface area (Å²) in [6.45, 7) is 0. The molecule has 0 atom stereocenters. The Morgan fingerprint density at radius 2 is 1.81 bits per heavy atom. The summed E-state index contributed by atoms with van der Waals surface area (Å²) in [5.41, 5.74) is -1.07. The summed E-state index contributed by atoms with van der Waals surface area (Å²) in [5.74, 6) is -0.267. The zero-order valence-electron chi connectivity index (χ0n) is 10.1. The molecule has 0 amide bonds. The number of halogens is 4. The number of nitrogens with one attached hydrogen (secondary N) is 1. The van der Waals surface area contributed by atoms with E-state index in [9.17, 15) is 21.6 Å². The van der Waals surface area contributed by atoms with Crippen molar-refractivity contribution in [1.82, 2.24) is 9.97 Å². The Hall–Kier alpha value is -1.87. The Kier molecular flexibility index (Phi) is 4.06. The molecule has 2 rings (SSSR count). The Morgan fingerprint density at radius 3 is 2.43 bits per heavy atom. The molecule has 0 saturated carbocycles. The molecular weight excluding hydrogens is 331 g/mol. The van der Waals surface area contributed by atoms with Gasteiger partial charge < -0.3 is 0 Å². The van der Waals surface area contributed by atoms with E-state index in [1.165, 1.54) is 12.4 Å². The van der Waals surface area contributed by atoms with Gasteiger partial charge in [-0.3, -0.25) is 4.72 Å². The average molecular weight is 338 g/mol. The smallest absolute Gasteiger partial charge is 0.261 e. The molecule has 0 aliphatic carbocycles. The first-order valence-corrected chi connectivity index (χ1v) is 7.23. The van der Waals surface area contributed by atoms with Crippen LogP contribution in [-0.2, 0) is 16.2 Å². The number of rotatable bonds is 3. The largest absolute Gasteiger partial charge is 0.416 e. The lowest BCUT2D eigenvalue weighted by molar-refractivity contribution is -0.137. The SMILES string of the molecule is O=S(=O)(Nc1nccnc1Cl)c1cccc(C(F)(F)F)c1. The maximum atomic E-state index is 12.6. The summed E-state index contributed by atoms with van der Waals surface area (Å²) in [6, 6.07) is 3.32. The zero-order valence-corrected chi connectivity index (χ0v) is 11.7. The Morgan fingerprint density at radius 1 is 1.14 bits per heavy atom. The van der Waals surface area contributed by atoms with E-state index in [-0.39, 0.29) is 11.0 Å². The maximum absolute atomic E-state index is 12.6. The van der Waals surface area contributed by atoms with Crippen LogP contribution in [0.2, 0.25) is 5.15 Å². The van der Waals surface area contributed by atoms with E-state index in [4.69, 9.17) is 11.6 Å². The second-order valence-electron chi connectivity index (χ2n) is 3.83. The van der Waals surface area contributed by atoms with Gasteiger partial charge in [-0.15, -0.1) is 0 Å². The highest BCUT2D eigenvalue weighted by Crippen LogP contribution is 2.31. The third-order valence-corrected chi connectivity index (χ3v) is 3.97. The summed E-state index contributed by atoms with van der Waals surface area (Å²) in [6.07, 6.45) is -2.21. The fraction of sp³-hybridized carbons (Fsp3) is 0.0909. The van der Waals surface area contributed by atoms with Crippen molar-refractivity contribution >= 4 is 27.4 Å². The minimum atomic E-state index is -4.64. The Balaban J connectivity index is 2.39. The predicted molar refractivity (Wildman–Crippen MR) is 69.3 cm³/mol. The molecule has 0 bridgehead atoms. The Labute approximate surface area is 122 Å². The van der Waals surface area contributed by atoms with E-state index >= 15 is 0 Å². The van der Waals surface area contributed by atoms with Gasteiger partial charge in [-0.1, -0.05) is 17.7 Å². The van der Waals surface area contributed by atoms with E-state index in [2.05, 4.69) is 9.97 Å². The van der Waals surface area contributed by atoms with Crippen molar-refractivity contribution in [3.05, 3.63) is 47.4 Å². The molecule has 0 aliphatic heterocycles. The molecule has 0 saturated heterocycles. The third kappa shape index (κ3) is 3.61. The molecule has 5 nitrogen and oxygen atoms in total. The van der Waals surface area contributed by atoms with Gasteiger partial charge in [-0.25, -0.2) is 18.4 Å². The normalized spacial score (nSPS) is 12.2. The first-order valence-electron chi connectivity index (χ1n) is 5.37. The highest BCUT2D eigenvalue weighted by atomic mass is 35.5. The molecule has 10 heteroatoms. The average Bonchev–Trinajstić information content (AvgIpc) is 2.40. The van der Waals surface area contributed by atoms with Crippen molar-refractivity contribution in [3.63, 3.8) is 0 Å². The molecule has 1 aromatic heterocycles. The van der Waals surface area contributed by atoms with Crippen molar-refractivity contribution in [1.29, 1.82) is 0 Å². The van der Waals surface area contributed by atoms with Gasteiger partial charge in [0.1, 0.15) is 0 Å². The quantitative estimate of drug-likeness (QED) is 0.934. The fourth-order valence-corrected chi connectivity index (χ4v) is 2.69. The van der Waals surface area contributed by atoms with Crippen molar-refractivity contribution < 1.29 is 21.6 Å². The van der Waals surface area contributed by atoms with Gasteiger partial charge in [0.05, 0.1) is 10.5 Å². The van der Waals surface area contributed by atoms with Gasteiger partial charge in [-0.2, -0.15) is 13.2 Å². The van der Waals surface area contributed by atoms with Crippen LogP contribution in [0.3, 0.4) is 0 Å². The molecule has 1 aromatic carbocycles. The van der Waals surface area contributed by atoms with Gasteiger partial charge in [0.2, 0.25) is 0 Å². The summed E-state index contributed by atoms with van der Waals surface area (Å²) in [7, 11) is -4.26. The highest BCUT2D eigenvalue weighted by molar-refractivity contribution is 7.92. The summed E-state index contributed by atoms with van der Waals surface area (Å²) in [4.78, 5) is 6.71. The van der Waals surface area contributed by atoms with Crippen LogP contribution < -0.4 is 4.72 Å². The third-order valence-electron chi connectivity index (χ3n) is 2.36. The lowest BCUT2D eigenvalue weighted by atomic mass is 10.2. The molecule has 1 heterocycles. The molecule has 0 unspecified atom stereocenters. The van der Waals surface area contributed by atoms with E-state index in [1.54, 1.807) is 0 Å². The zero-order chi connectivity index (χ0) is 15.7. The number of hydrogen-bond acceptors (Lipinski definition) is 4. The van der Waals surface area contributed by atoms with Crippen molar-refractivity contribution in [2.24, 2.45) is 0 Å². The molecule has 112 valence electrons. The minimum absolute atomic E-state index is 0.215. The molecule has 0 spiro atoms.